The van der Waals surface area contributed by atoms with E-state index in [2.05, 4.69) is 43.4 Å². The molecule has 2 aromatic heterocycles. The number of amides is 1. The maximum absolute atomic E-state index is 12.6. The van der Waals surface area contributed by atoms with Crippen LogP contribution in [0.25, 0.3) is 16.7 Å². The van der Waals surface area contributed by atoms with Crippen LogP contribution < -0.4 is 10.1 Å². The molecule has 0 fully saturated rings. The smallest absolute Gasteiger partial charge is 0.220 e. The van der Waals surface area contributed by atoms with Gasteiger partial charge < -0.3 is 10.1 Å². The van der Waals surface area contributed by atoms with Crippen LogP contribution in [0.4, 0.5) is 0 Å². The van der Waals surface area contributed by atoms with E-state index in [9.17, 15) is 4.79 Å². The third-order valence-corrected chi connectivity index (χ3v) is 6.12. The number of methoxy groups -OCH3 is 1. The lowest BCUT2D eigenvalue weighted by atomic mass is 9.99. The first-order valence-electron chi connectivity index (χ1n) is 11.2. The average Bonchev–Trinajstić information content (AvgIpc) is 3.14. The number of carbonyl (C=O) groups is 1. The topological polar surface area (TPSA) is 69.0 Å². The van der Waals surface area contributed by atoms with E-state index in [4.69, 9.17) is 14.8 Å². The van der Waals surface area contributed by atoms with Gasteiger partial charge in [0.25, 0.3) is 0 Å². The summed E-state index contributed by atoms with van der Waals surface area (Å²) in [7, 11) is 1.64. The van der Waals surface area contributed by atoms with Gasteiger partial charge in [-0.25, -0.2) is 9.67 Å². The SMILES string of the molecule is COc1ccccc1CNC(=O)CCc1c(C)nc2c(c(C)nn2-c2ccc(C)cc2)c1C. The molecule has 33 heavy (non-hydrogen) atoms. The second kappa shape index (κ2) is 9.45. The monoisotopic (exact) mass is 442 g/mol. The highest BCUT2D eigenvalue weighted by Gasteiger charge is 2.18. The Bertz CT molecular complexity index is 1310. The molecule has 170 valence electrons. The van der Waals surface area contributed by atoms with Crippen LogP contribution in [0.5, 0.6) is 5.75 Å². The first kappa shape index (κ1) is 22.5. The van der Waals surface area contributed by atoms with Crippen molar-refractivity contribution in [3.05, 3.63) is 82.2 Å². The van der Waals surface area contributed by atoms with Crippen LogP contribution in [0.2, 0.25) is 0 Å². The molecule has 0 bridgehead atoms. The Morgan fingerprint density at radius 1 is 1.00 bits per heavy atom. The first-order chi connectivity index (χ1) is 15.9. The molecular formula is C27H30N4O2. The van der Waals surface area contributed by atoms with Crippen molar-refractivity contribution < 1.29 is 9.53 Å². The summed E-state index contributed by atoms with van der Waals surface area (Å²) in [5.41, 5.74) is 8.15. The van der Waals surface area contributed by atoms with E-state index in [1.165, 1.54) is 5.56 Å². The molecule has 0 aliphatic rings. The van der Waals surface area contributed by atoms with Crippen molar-refractivity contribution in [2.45, 2.75) is 47.1 Å². The second-order valence-electron chi connectivity index (χ2n) is 8.42. The van der Waals surface area contributed by atoms with Crippen LogP contribution >= 0.6 is 0 Å². The molecule has 1 N–H and O–H groups in total. The molecule has 4 aromatic rings. The fourth-order valence-electron chi connectivity index (χ4n) is 4.31. The van der Waals surface area contributed by atoms with Crippen LogP contribution in [0.15, 0.2) is 48.5 Å². The van der Waals surface area contributed by atoms with Crippen molar-refractivity contribution >= 4 is 16.9 Å². The van der Waals surface area contributed by atoms with Crippen LogP contribution in [0.1, 0.15) is 40.1 Å². The zero-order valence-electron chi connectivity index (χ0n) is 19.9. The number of carbonyl (C=O) groups excluding carboxylic acids is 1. The summed E-state index contributed by atoms with van der Waals surface area (Å²) in [5, 5.41) is 8.84. The number of hydrogen-bond acceptors (Lipinski definition) is 4. The molecule has 4 rings (SSSR count). The van der Waals surface area contributed by atoms with Crippen LogP contribution in [0, 0.1) is 27.7 Å². The van der Waals surface area contributed by atoms with E-state index >= 15 is 0 Å². The molecule has 0 saturated carbocycles. The summed E-state index contributed by atoms with van der Waals surface area (Å²) < 4.78 is 7.27. The van der Waals surface area contributed by atoms with Crippen molar-refractivity contribution in [2.75, 3.05) is 7.11 Å². The van der Waals surface area contributed by atoms with Gasteiger partial charge in [0.1, 0.15) is 5.75 Å². The number of hydrogen-bond donors (Lipinski definition) is 1. The van der Waals surface area contributed by atoms with Gasteiger partial charge in [0.2, 0.25) is 5.91 Å². The number of para-hydroxylation sites is 1. The van der Waals surface area contributed by atoms with Crippen LogP contribution in [0.3, 0.4) is 0 Å². The molecule has 6 nitrogen and oxygen atoms in total. The molecule has 6 heteroatoms. The van der Waals surface area contributed by atoms with E-state index in [0.29, 0.717) is 19.4 Å². The number of nitrogens with zero attached hydrogens (tertiary/aromatic N) is 3. The summed E-state index contributed by atoms with van der Waals surface area (Å²) >= 11 is 0. The molecule has 0 radical (unpaired) electrons. The highest BCUT2D eigenvalue weighted by Crippen LogP contribution is 2.28. The molecule has 0 saturated heterocycles. The number of nitrogens with one attached hydrogen (secondary N) is 1. The Hall–Kier alpha value is -3.67. The number of benzene rings is 2. The molecule has 2 aromatic carbocycles. The van der Waals surface area contributed by atoms with E-state index in [-0.39, 0.29) is 5.91 Å². The zero-order valence-corrected chi connectivity index (χ0v) is 19.9. The quantitative estimate of drug-likeness (QED) is 0.441. The van der Waals surface area contributed by atoms with E-state index in [0.717, 1.165) is 50.5 Å². The van der Waals surface area contributed by atoms with Crippen LogP contribution in [-0.2, 0) is 17.8 Å². The van der Waals surface area contributed by atoms with Gasteiger partial charge in [0.05, 0.1) is 18.5 Å². The van der Waals surface area contributed by atoms with Crippen molar-refractivity contribution in [2.24, 2.45) is 0 Å². The third kappa shape index (κ3) is 4.60. The van der Waals surface area contributed by atoms with Crippen molar-refractivity contribution in [1.29, 1.82) is 0 Å². The highest BCUT2D eigenvalue weighted by molar-refractivity contribution is 5.85. The van der Waals surface area contributed by atoms with E-state index in [1.54, 1.807) is 7.11 Å². The summed E-state index contributed by atoms with van der Waals surface area (Å²) in [4.78, 5) is 17.5. The molecule has 1 amide bonds. The Kier molecular flexibility index (Phi) is 6.45. The van der Waals surface area contributed by atoms with Gasteiger partial charge in [0, 0.05) is 29.6 Å². The largest absolute Gasteiger partial charge is 0.496 e. The molecule has 0 unspecified atom stereocenters. The van der Waals surface area contributed by atoms with Gasteiger partial charge >= 0.3 is 0 Å². The zero-order chi connectivity index (χ0) is 23.5. The minimum absolute atomic E-state index is 0.00637. The highest BCUT2D eigenvalue weighted by atomic mass is 16.5. The minimum Gasteiger partial charge on any atom is -0.496 e. The van der Waals surface area contributed by atoms with Crippen LogP contribution in [-0.4, -0.2) is 27.8 Å². The Balaban J connectivity index is 1.53. The third-order valence-electron chi connectivity index (χ3n) is 6.12. The number of aromatic nitrogens is 3. The summed E-state index contributed by atoms with van der Waals surface area (Å²) in [6.07, 6.45) is 1.03. The maximum Gasteiger partial charge on any atom is 0.220 e. The van der Waals surface area contributed by atoms with Gasteiger partial charge in [-0.1, -0.05) is 35.9 Å². The minimum atomic E-state index is 0.00637. The molecule has 0 spiro atoms. The number of rotatable bonds is 7. The van der Waals surface area contributed by atoms with E-state index < -0.39 is 0 Å². The van der Waals surface area contributed by atoms with Gasteiger partial charge in [-0.2, -0.15) is 5.10 Å². The van der Waals surface area contributed by atoms with Gasteiger partial charge in [-0.15, -0.1) is 0 Å². The number of aryl methyl sites for hydroxylation is 4. The lowest BCUT2D eigenvalue weighted by molar-refractivity contribution is -0.121. The maximum atomic E-state index is 12.6. The Labute approximate surface area is 194 Å². The normalized spacial score (nSPS) is 11.1. The van der Waals surface area contributed by atoms with Crippen molar-refractivity contribution in [1.82, 2.24) is 20.1 Å². The molecule has 0 aliphatic heterocycles. The number of pyridine rings is 1. The summed E-state index contributed by atoms with van der Waals surface area (Å²) in [6.45, 7) is 8.65. The second-order valence-corrected chi connectivity index (χ2v) is 8.42. The molecule has 2 heterocycles. The lowest BCUT2D eigenvalue weighted by Gasteiger charge is -2.13. The predicted octanol–water partition coefficient (Wildman–Crippen LogP) is 4.91. The fourth-order valence-corrected chi connectivity index (χ4v) is 4.31. The molecular weight excluding hydrogens is 412 g/mol. The van der Waals surface area contributed by atoms with Gasteiger partial charge in [-0.3, -0.25) is 4.79 Å². The molecule has 0 aliphatic carbocycles. The standard InChI is InChI=1S/C27H30N4O2/c1-17-10-12-22(13-11-17)31-27-26(20(4)30-31)18(2)23(19(3)29-27)14-15-25(32)28-16-21-8-6-7-9-24(21)33-5/h6-13H,14-16H2,1-5H3,(H,28,32). The van der Waals surface area contributed by atoms with Crippen molar-refractivity contribution in [3.8, 4) is 11.4 Å². The molecule has 0 atom stereocenters. The Morgan fingerprint density at radius 3 is 2.45 bits per heavy atom. The predicted molar refractivity (Wildman–Crippen MR) is 131 cm³/mol. The van der Waals surface area contributed by atoms with Gasteiger partial charge in [-0.05, 0) is 63.4 Å². The van der Waals surface area contributed by atoms with Crippen molar-refractivity contribution in [3.63, 3.8) is 0 Å². The fraction of sp³-hybridized carbons (Fsp3) is 0.296. The first-order valence-corrected chi connectivity index (χ1v) is 11.2. The summed E-state index contributed by atoms with van der Waals surface area (Å²) in [6, 6.07) is 16.0. The average molecular weight is 443 g/mol. The lowest BCUT2D eigenvalue weighted by Crippen LogP contribution is -2.23. The van der Waals surface area contributed by atoms with Gasteiger partial charge in [0.15, 0.2) is 5.65 Å². The van der Waals surface area contributed by atoms with E-state index in [1.807, 2.05) is 42.8 Å². The summed E-state index contributed by atoms with van der Waals surface area (Å²) in [5.74, 6) is 0.784. The number of fused-ring (bicyclic) bond motifs is 1. The number of ether oxygens (including phenoxy) is 1. The Morgan fingerprint density at radius 2 is 1.73 bits per heavy atom.